The Morgan fingerprint density at radius 2 is 1.62 bits per heavy atom. The van der Waals surface area contributed by atoms with Gasteiger partial charge in [-0.1, -0.05) is 23.7 Å². The van der Waals surface area contributed by atoms with Crippen molar-refractivity contribution < 1.29 is 8.42 Å². The van der Waals surface area contributed by atoms with Gasteiger partial charge in [0.25, 0.3) is 0 Å². The Hall–Kier alpha value is -1.63. The van der Waals surface area contributed by atoms with Crippen molar-refractivity contribution in [1.82, 2.24) is 9.88 Å². The van der Waals surface area contributed by atoms with Crippen molar-refractivity contribution in [3.63, 3.8) is 0 Å². The van der Waals surface area contributed by atoms with Crippen LogP contribution in [0.15, 0.2) is 41.3 Å². The predicted molar refractivity (Wildman–Crippen MR) is 97.5 cm³/mol. The first kappa shape index (κ1) is 17.2. The molecular weight excluding hydrogens is 346 g/mol. The van der Waals surface area contributed by atoms with E-state index in [-0.39, 0.29) is 0 Å². The molecule has 1 aromatic heterocycles. The lowest BCUT2D eigenvalue weighted by atomic mass is 10.1. The molecule has 128 valence electrons. The third kappa shape index (κ3) is 3.88. The van der Waals surface area contributed by atoms with Gasteiger partial charge >= 0.3 is 0 Å². The molecular formula is C17H20ClN3O2S. The topological polar surface area (TPSA) is 53.5 Å². The fourth-order valence-electron chi connectivity index (χ4n) is 2.74. The monoisotopic (exact) mass is 365 g/mol. The highest BCUT2D eigenvalue weighted by Gasteiger charge is 2.17. The Labute approximate surface area is 147 Å². The molecule has 2 aromatic rings. The van der Waals surface area contributed by atoms with Gasteiger partial charge in [-0.15, -0.1) is 0 Å². The van der Waals surface area contributed by atoms with E-state index in [0.29, 0.717) is 10.0 Å². The van der Waals surface area contributed by atoms with Gasteiger partial charge in [-0.25, -0.2) is 13.4 Å². The number of anilines is 1. The number of benzene rings is 1. The lowest BCUT2D eigenvalue weighted by Crippen LogP contribution is -2.44. The van der Waals surface area contributed by atoms with Gasteiger partial charge in [0, 0.05) is 32.4 Å². The molecule has 0 spiro atoms. The summed E-state index contributed by atoms with van der Waals surface area (Å²) in [6, 6.07) is 10.7. The maximum absolute atomic E-state index is 11.6. The lowest BCUT2D eigenvalue weighted by Gasteiger charge is -2.33. The van der Waals surface area contributed by atoms with Crippen LogP contribution in [-0.2, 0) is 9.84 Å². The molecule has 0 amide bonds. The number of likely N-dealkylation sites (N-methyl/N-ethyl adjacent to an activating group) is 1. The van der Waals surface area contributed by atoms with Gasteiger partial charge in [0.05, 0.1) is 4.90 Å². The van der Waals surface area contributed by atoms with Gasteiger partial charge in [0.1, 0.15) is 11.0 Å². The summed E-state index contributed by atoms with van der Waals surface area (Å²) in [7, 11) is -1.08. The molecule has 5 nitrogen and oxygen atoms in total. The zero-order valence-corrected chi connectivity index (χ0v) is 15.3. The molecule has 0 unspecified atom stereocenters. The van der Waals surface area contributed by atoms with E-state index in [1.165, 1.54) is 6.26 Å². The van der Waals surface area contributed by atoms with Crippen molar-refractivity contribution in [3.8, 4) is 11.1 Å². The molecule has 1 saturated heterocycles. The molecule has 0 atom stereocenters. The Kier molecular flexibility index (Phi) is 4.80. The third-order valence-corrected chi connectivity index (χ3v) is 5.55. The average molecular weight is 366 g/mol. The number of hydrogen-bond donors (Lipinski definition) is 0. The van der Waals surface area contributed by atoms with E-state index in [2.05, 4.69) is 21.8 Å². The van der Waals surface area contributed by atoms with Crippen LogP contribution < -0.4 is 4.90 Å². The first-order valence-corrected chi connectivity index (χ1v) is 10.0. The van der Waals surface area contributed by atoms with Crippen LogP contribution in [-0.4, -0.2) is 57.8 Å². The van der Waals surface area contributed by atoms with Crippen molar-refractivity contribution in [3.05, 3.63) is 41.6 Å². The highest BCUT2D eigenvalue weighted by molar-refractivity contribution is 7.90. The molecule has 1 aliphatic heterocycles. The van der Waals surface area contributed by atoms with E-state index in [1.807, 2.05) is 6.07 Å². The van der Waals surface area contributed by atoms with Crippen LogP contribution in [0.4, 0.5) is 5.82 Å². The maximum atomic E-state index is 11.6. The molecule has 1 fully saturated rings. The summed E-state index contributed by atoms with van der Waals surface area (Å²) in [4.78, 5) is 9.26. The summed E-state index contributed by atoms with van der Waals surface area (Å²) >= 11 is 6.21. The molecule has 0 saturated carbocycles. The summed E-state index contributed by atoms with van der Waals surface area (Å²) in [5, 5.41) is 0.439. The van der Waals surface area contributed by atoms with Gasteiger partial charge in [0.2, 0.25) is 0 Å². The van der Waals surface area contributed by atoms with Crippen molar-refractivity contribution in [2.45, 2.75) is 4.90 Å². The number of sulfone groups is 1. The van der Waals surface area contributed by atoms with Crippen LogP contribution in [0, 0.1) is 0 Å². The smallest absolute Gasteiger partial charge is 0.175 e. The summed E-state index contributed by atoms with van der Waals surface area (Å²) in [6.45, 7) is 3.81. The second kappa shape index (κ2) is 6.70. The van der Waals surface area contributed by atoms with Crippen molar-refractivity contribution >= 4 is 27.3 Å². The molecule has 24 heavy (non-hydrogen) atoms. The van der Waals surface area contributed by atoms with Gasteiger partial charge in [-0.05, 0) is 42.4 Å². The number of aromatic nitrogens is 1. The van der Waals surface area contributed by atoms with Crippen molar-refractivity contribution in [2.75, 3.05) is 44.4 Å². The number of halogens is 1. The third-order valence-electron chi connectivity index (χ3n) is 4.22. The largest absolute Gasteiger partial charge is 0.354 e. The van der Waals surface area contributed by atoms with Crippen molar-refractivity contribution in [1.29, 1.82) is 0 Å². The standard InChI is InChI=1S/C17H20ClN3O2S/c1-20-7-9-21(10-8-20)17-12-14(11-16(18)19-17)13-3-5-15(6-4-13)24(2,22)23/h3-6,11-12H,7-10H2,1-2H3. The molecule has 0 radical (unpaired) electrons. The molecule has 2 heterocycles. The Morgan fingerprint density at radius 1 is 1.00 bits per heavy atom. The van der Waals surface area contributed by atoms with E-state index in [9.17, 15) is 8.42 Å². The zero-order valence-electron chi connectivity index (χ0n) is 13.7. The van der Waals surface area contributed by atoms with Crippen LogP contribution in [0.3, 0.4) is 0 Å². The van der Waals surface area contributed by atoms with Crippen molar-refractivity contribution in [2.24, 2.45) is 0 Å². The maximum Gasteiger partial charge on any atom is 0.175 e. The van der Waals surface area contributed by atoms with Gasteiger partial charge in [-0.2, -0.15) is 0 Å². The van der Waals surface area contributed by atoms with Crippen LogP contribution in [0.25, 0.3) is 11.1 Å². The Morgan fingerprint density at radius 3 is 2.21 bits per heavy atom. The summed E-state index contributed by atoms with van der Waals surface area (Å²) < 4.78 is 23.2. The summed E-state index contributed by atoms with van der Waals surface area (Å²) in [5.41, 5.74) is 1.85. The SMILES string of the molecule is CN1CCN(c2cc(-c3ccc(S(C)(=O)=O)cc3)cc(Cl)n2)CC1. The fraction of sp³-hybridized carbons (Fsp3) is 0.353. The lowest BCUT2D eigenvalue weighted by molar-refractivity contribution is 0.312. The van der Waals surface area contributed by atoms with Gasteiger partial charge in [-0.3, -0.25) is 0 Å². The van der Waals surface area contributed by atoms with E-state index >= 15 is 0 Å². The predicted octanol–water partition coefficient (Wildman–Crippen LogP) is 2.56. The van der Waals surface area contributed by atoms with Gasteiger partial charge < -0.3 is 9.80 Å². The number of rotatable bonds is 3. The minimum absolute atomic E-state index is 0.311. The second-order valence-electron chi connectivity index (χ2n) is 6.12. The number of hydrogen-bond acceptors (Lipinski definition) is 5. The Bertz CT molecular complexity index is 829. The van der Waals surface area contributed by atoms with Crippen LogP contribution in [0.2, 0.25) is 5.15 Å². The molecule has 1 aliphatic rings. The summed E-state index contributed by atoms with van der Waals surface area (Å²) in [6.07, 6.45) is 1.21. The minimum atomic E-state index is -3.19. The average Bonchev–Trinajstić information content (AvgIpc) is 2.54. The van der Waals surface area contributed by atoms with Crippen LogP contribution in [0.5, 0.6) is 0 Å². The normalized spacial score (nSPS) is 16.4. The molecule has 0 bridgehead atoms. The first-order chi connectivity index (χ1) is 11.3. The Balaban J connectivity index is 1.91. The van der Waals surface area contributed by atoms with E-state index in [1.54, 1.807) is 30.3 Å². The van der Waals surface area contributed by atoms with E-state index in [0.717, 1.165) is 43.1 Å². The molecule has 1 aromatic carbocycles. The number of pyridine rings is 1. The molecule has 3 rings (SSSR count). The van der Waals surface area contributed by atoms with Crippen LogP contribution >= 0.6 is 11.6 Å². The fourth-order valence-corrected chi connectivity index (χ4v) is 3.58. The number of nitrogens with zero attached hydrogens (tertiary/aromatic N) is 3. The molecule has 7 heteroatoms. The van der Waals surface area contributed by atoms with E-state index in [4.69, 9.17) is 11.6 Å². The first-order valence-electron chi connectivity index (χ1n) is 7.74. The quantitative estimate of drug-likeness (QED) is 0.782. The van der Waals surface area contributed by atoms with E-state index < -0.39 is 9.84 Å². The summed E-state index contributed by atoms with van der Waals surface area (Å²) in [5.74, 6) is 0.859. The molecule has 0 N–H and O–H groups in total. The highest BCUT2D eigenvalue weighted by Crippen LogP contribution is 2.28. The minimum Gasteiger partial charge on any atom is -0.354 e. The number of piperazine rings is 1. The highest BCUT2D eigenvalue weighted by atomic mass is 35.5. The van der Waals surface area contributed by atoms with Crippen LogP contribution in [0.1, 0.15) is 0 Å². The zero-order chi connectivity index (χ0) is 17.3. The van der Waals surface area contributed by atoms with Gasteiger partial charge in [0.15, 0.2) is 9.84 Å². The molecule has 0 aliphatic carbocycles. The second-order valence-corrected chi connectivity index (χ2v) is 8.53.